The van der Waals surface area contributed by atoms with E-state index in [9.17, 15) is 0 Å². The highest BCUT2D eigenvalue weighted by Gasteiger charge is 2.19. The summed E-state index contributed by atoms with van der Waals surface area (Å²) in [6.07, 6.45) is 3.17. The van der Waals surface area contributed by atoms with Crippen molar-refractivity contribution in [3.05, 3.63) is 65.3 Å². The van der Waals surface area contributed by atoms with Crippen molar-refractivity contribution in [3.8, 4) is 11.3 Å². The summed E-state index contributed by atoms with van der Waals surface area (Å²) in [6.45, 7) is 5.64. The van der Waals surface area contributed by atoms with E-state index < -0.39 is 0 Å². The van der Waals surface area contributed by atoms with E-state index in [0.29, 0.717) is 28.1 Å². The summed E-state index contributed by atoms with van der Waals surface area (Å²) < 4.78 is 1.62. The standard InChI is InChI=1S/C20H19ClN8/c1-12(27-20(23-3)18-19(22-2)26-11-25-18)14-9-16-24-10-15(21)29(16)28-17(14)13-7-5-4-6-8-13/h4-12,22H,3H2,1-2H3,(H,25,26)/t12-/m0/s1. The molecule has 0 aliphatic carbocycles. The van der Waals surface area contributed by atoms with Crippen molar-refractivity contribution in [2.24, 2.45) is 9.98 Å². The molecule has 1 aromatic carbocycles. The zero-order valence-corrected chi connectivity index (χ0v) is 16.7. The first-order valence-electron chi connectivity index (χ1n) is 8.98. The molecular weight excluding hydrogens is 388 g/mol. The van der Waals surface area contributed by atoms with Gasteiger partial charge in [0.1, 0.15) is 5.69 Å². The van der Waals surface area contributed by atoms with Gasteiger partial charge in [-0.15, -0.1) is 0 Å². The summed E-state index contributed by atoms with van der Waals surface area (Å²) in [4.78, 5) is 20.5. The number of hydrogen-bond acceptors (Lipinski definition) is 5. The van der Waals surface area contributed by atoms with Gasteiger partial charge in [0.05, 0.1) is 24.3 Å². The predicted octanol–water partition coefficient (Wildman–Crippen LogP) is 4.02. The van der Waals surface area contributed by atoms with E-state index in [0.717, 1.165) is 16.8 Å². The maximum atomic E-state index is 6.24. The van der Waals surface area contributed by atoms with Gasteiger partial charge in [-0.05, 0) is 19.7 Å². The molecule has 146 valence electrons. The van der Waals surface area contributed by atoms with Gasteiger partial charge in [0.25, 0.3) is 0 Å². The maximum absolute atomic E-state index is 6.24. The van der Waals surface area contributed by atoms with E-state index in [2.05, 4.69) is 32.0 Å². The molecule has 29 heavy (non-hydrogen) atoms. The Hall–Kier alpha value is -3.52. The summed E-state index contributed by atoms with van der Waals surface area (Å²) in [5.74, 6) is 1.11. The summed E-state index contributed by atoms with van der Waals surface area (Å²) >= 11 is 6.24. The van der Waals surface area contributed by atoms with Gasteiger partial charge >= 0.3 is 0 Å². The Kier molecular flexibility index (Phi) is 5.09. The quantitative estimate of drug-likeness (QED) is 0.386. The second-order valence-corrected chi connectivity index (χ2v) is 6.72. The minimum absolute atomic E-state index is 0.272. The second-order valence-electron chi connectivity index (χ2n) is 6.33. The molecule has 0 amide bonds. The Morgan fingerprint density at radius 3 is 2.79 bits per heavy atom. The van der Waals surface area contributed by atoms with Crippen LogP contribution in [0.4, 0.5) is 5.82 Å². The van der Waals surface area contributed by atoms with E-state index >= 15 is 0 Å². The largest absolute Gasteiger partial charge is 0.371 e. The number of fused-ring (bicyclic) bond motifs is 1. The van der Waals surface area contributed by atoms with E-state index in [1.54, 1.807) is 24.1 Å². The SMILES string of the molecule is C=NC(=N[C@@H](C)c1cc2ncc(Cl)n2nc1-c1ccccc1)c1[nH]cnc1NC. The maximum Gasteiger partial charge on any atom is 0.175 e. The number of H-pyrrole nitrogens is 1. The van der Waals surface area contributed by atoms with E-state index in [1.165, 1.54) is 0 Å². The van der Waals surface area contributed by atoms with Gasteiger partial charge in [-0.3, -0.25) is 4.99 Å². The third-order valence-corrected chi connectivity index (χ3v) is 4.80. The average molecular weight is 407 g/mol. The molecule has 0 bridgehead atoms. The topological polar surface area (TPSA) is 95.6 Å². The van der Waals surface area contributed by atoms with Crippen molar-refractivity contribution in [2.45, 2.75) is 13.0 Å². The number of hydrogen-bond donors (Lipinski definition) is 2. The van der Waals surface area contributed by atoms with E-state index in [1.807, 2.05) is 43.3 Å². The normalized spacial score (nSPS) is 12.9. The number of halogens is 1. The number of anilines is 1. The number of rotatable bonds is 5. The van der Waals surface area contributed by atoms with Gasteiger partial charge in [-0.1, -0.05) is 41.9 Å². The van der Waals surface area contributed by atoms with Crippen LogP contribution in [0.1, 0.15) is 24.2 Å². The van der Waals surface area contributed by atoms with Gasteiger partial charge in [-0.2, -0.15) is 5.10 Å². The zero-order valence-electron chi connectivity index (χ0n) is 16.0. The Morgan fingerprint density at radius 1 is 1.28 bits per heavy atom. The highest BCUT2D eigenvalue weighted by Crippen LogP contribution is 2.30. The van der Waals surface area contributed by atoms with Gasteiger partial charge in [-0.25, -0.2) is 19.5 Å². The molecule has 0 radical (unpaired) electrons. The molecule has 4 rings (SSSR count). The van der Waals surface area contributed by atoms with Crippen LogP contribution in [-0.4, -0.2) is 44.2 Å². The first kappa shape index (κ1) is 18.8. The number of aromatic nitrogens is 5. The summed E-state index contributed by atoms with van der Waals surface area (Å²) in [5.41, 5.74) is 3.96. The average Bonchev–Trinajstić information content (AvgIpc) is 3.38. The summed E-state index contributed by atoms with van der Waals surface area (Å²) in [5, 5.41) is 8.19. The van der Waals surface area contributed by atoms with Crippen LogP contribution in [0, 0.1) is 0 Å². The van der Waals surface area contributed by atoms with Crippen molar-refractivity contribution in [1.82, 2.24) is 24.6 Å². The molecular formula is C20H19ClN8. The van der Waals surface area contributed by atoms with Crippen LogP contribution >= 0.6 is 11.6 Å². The van der Waals surface area contributed by atoms with Crippen LogP contribution in [0.15, 0.2) is 58.9 Å². The molecule has 0 aliphatic heterocycles. The van der Waals surface area contributed by atoms with E-state index in [-0.39, 0.29) is 6.04 Å². The van der Waals surface area contributed by atoms with Crippen LogP contribution in [0.5, 0.6) is 0 Å². The Morgan fingerprint density at radius 2 is 2.07 bits per heavy atom. The molecule has 0 saturated heterocycles. The molecule has 2 N–H and O–H groups in total. The minimum atomic E-state index is -0.272. The number of nitrogens with one attached hydrogen (secondary N) is 2. The van der Waals surface area contributed by atoms with Gasteiger partial charge < -0.3 is 10.3 Å². The molecule has 0 spiro atoms. The van der Waals surface area contributed by atoms with Crippen LogP contribution in [0.25, 0.3) is 16.9 Å². The fourth-order valence-corrected chi connectivity index (χ4v) is 3.30. The molecule has 9 heteroatoms. The van der Waals surface area contributed by atoms with Crippen LogP contribution < -0.4 is 5.32 Å². The molecule has 3 heterocycles. The molecule has 0 fully saturated rings. The predicted molar refractivity (Wildman–Crippen MR) is 116 cm³/mol. The molecule has 0 aliphatic rings. The third-order valence-electron chi connectivity index (χ3n) is 4.54. The molecule has 8 nitrogen and oxygen atoms in total. The lowest BCUT2D eigenvalue weighted by molar-refractivity contribution is 0.798. The molecule has 1 atom stereocenters. The van der Waals surface area contributed by atoms with Crippen molar-refractivity contribution < 1.29 is 0 Å². The fourth-order valence-electron chi connectivity index (χ4n) is 3.13. The lowest BCUT2D eigenvalue weighted by Crippen LogP contribution is -2.07. The fraction of sp³-hybridized carbons (Fsp3) is 0.150. The minimum Gasteiger partial charge on any atom is -0.371 e. The highest BCUT2D eigenvalue weighted by atomic mass is 35.5. The van der Waals surface area contributed by atoms with Crippen molar-refractivity contribution in [3.63, 3.8) is 0 Å². The molecule has 3 aromatic heterocycles. The first-order valence-corrected chi connectivity index (χ1v) is 9.35. The Balaban J connectivity index is 1.86. The van der Waals surface area contributed by atoms with Crippen LogP contribution in [0.3, 0.4) is 0 Å². The Labute approximate surface area is 172 Å². The van der Waals surface area contributed by atoms with Crippen LogP contribution in [0.2, 0.25) is 5.15 Å². The Bertz CT molecular complexity index is 1190. The summed E-state index contributed by atoms with van der Waals surface area (Å²) in [6, 6.07) is 11.6. The van der Waals surface area contributed by atoms with Crippen molar-refractivity contribution in [2.75, 3.05) is 12.4 Å². The second kappa shape index (κ2) is 7.84. The number of imidazole rings is 2. The first-order chi connectivity index (χ1) is 14.1. The van der Waals surface area contributed by atoms with E-state index in [4.69, 9.17) is 21.7 Å². The van der Waals surface area contributed by atoms with Crippen LogP contribution in [-0.2, 0) is 0 Å². The molecule has 0 unspecified atom stereocenters. The lowest BCUT2D eigenvalue weighted by Gasteiger charge is -2.14. The number of amidine groups is 1. The number of benzene rings is 1. The number of nitrogens with zero attached hydrogens (tertiary/aromatic N) is 6. The molecule has 0 saturated carbocycles. The van der Waals surface area contributed by atoms with Gasteiger partial charge in [0.15, 0.2) is 22.5 Å². The lowest BCUT2D eigenvalue weighted by atomic mass is 10.0. The number of aromatic amines is 1. The van der Waals surface area contributed by atoms with Crippen molar-refractivity contribution in [1.29, 1.82) is 0 Å². The monoisotopic (exact) mass is 406 g/mol. The smallest absolute Gasteiger partial charge is 0.175 e. The molecule has 4 aromatic rings. The third kappa shape index (κ3) is 3.50. The highest BCUT2D eigenvalue weighted by molar-refractivity contribution is 6.29. The number of aliphatic imine (C=N–C) groups is 2. The van der Waals surface area contributed by atoms with Gasteiger partial charge in [0, 0.05) is 18.2 Å². The van der Waals surface area contributed by atoms with Crippen molar-refractivity contribution >= 4 is 35.6 Å². The zero-order chi connectivity index (χ0) is 20.4. The summed E-state index contributed by atoms with van der Waals surface area (Å²) in [7, 11) is 1.79. The van der Waals surface area contributed by atoms with Gasteiger partial charge in [0.2, 0.25) is 0 Å².